The molecule has 0 saturated carbocycles. The van der Waals surface area contributed by atoms with Gasteiger partial charge in [0.25, 0.3) is 0 Å². The van der Waals surface area contributed by atoms with Crippen molar-refractivity contribution in [3.8, 4) is 0 Å². The predicted octanol–water partition coefficient (Wildman–Crippen LogP) is 1.35. The van der Waals surface area contributed by atoms with E-state index >= 15 is 0 Å². The maximum absolute atomic E-state index is 13.3. The van der Waals surface area contributed by atoms with Crippen LogP contribution in [0.15, 0.2) is 18.2 Å². The molecule has 96 valence electrons. The fraction of sp³-hybridized carbons (Fsp3) is 0.385. The van der Waals surface area contributed by atoms with Gasteiger partial charge in [-0.1, -0.05) is 0 Å². The van der Waals surface area contributed by atoms with Crippen LogP contribution < -0.4 is 10.2 Å². The van der Waals surface area contributed by atoms with Crippen LogP contribution in [0.25, 0.3) is 0 Å². The summed E-state index contributed by atoms with van der Waals surface area (Å²) in [4.78, 5) is 23.6. The first-order chi connectivity index (χ1) is 8.58. The Balaban J connectivity index is 2.11. The lowest BCUT2D eigenvalue weighted by atomic mass is 10.2. The lowest BCUT2D eigenvalue weighted by molar-refractivity contribution is -0.119. The van der Waals surface area contributed by atoms with Crippen molar-refractivity contribution in [2.24, 2.45) is 0 Å². The Labute approximate surface area is 105 Å². The maximum atomic E-state index is 13.3. The Morgan fingerprint density at radius 2 is 2.28 bits per heavy atom. The number of hydrogen-bond acceptors (Lipinski definition) is 3. The second kappa shape index (κ2) is 5.16. The van der Waals surface area contributed by atoms with Crippen LogP contribution in [-0.4, -0.2) is 31.3 Å². The van der Waals surface area contributed by atoms with Crippen molar-refractivity contribution in [2.75, 3.05) is 18.0 Å². The molecule has 1 aliphatic rings. The van der Waals surface area contributed by atoms with Gasteiger partial charge in [0.2, 0.25) is 5.91 Å². The Morgan fingerprint density at radius 1 is 1.50 bits per heavy atom. The Morgan fingerprint density at radius 3 is 2.94 bits per heavy atom. The number of nitrogens with zero attached hydrogens (tertiary/aromatic N) is 1. The Kier molecular flexibility index (Phi) is 3.60. The van der Waals surface area contributed by atoms with Crippen molar-refractivity contribution in [3.63, 3.8) is 0 Å². The van der Waals surface area contributed by atoms with E-state index in [0.717, 1.165) is 13.0 Å². The monoisotopic (exact) mass is 250 g/mol. The molecule has 0 aliphatic carbocycles. The molecule has 2 rings (SSSR count). The number of carbonyl (C=O) groups excluding carboxylic acids is 2. The van der Waals surface area contributed by atoms with Gasteiger partial charge in [-0.3, -0.25) is 9.59 Å². The molecule has 1 atom stereocenters. The number of halogens is 1. The average Bonchev–Trinajstić information content (AvgIpc) is 2.75. The fourth-order valence-electron chi connectivity index (χ4n) is 2.25. The van der Waals surface area contributed by atoms with Crippen molar-refractivity contribution in [3.05, 3.63) is 29.6 Å². The molecule has 1 fully saturated rings. The first-order valence-electron chi connectivity index (χ1n) is 5.86. The highest BCUT2D eigenvalue weighted by atomic mass is 19.1. The molecule has 0 spiro atoms. The minimum atomic E-state index is -0.419. The van der Waals surface area contributed by atoms with Gasteiger partial charge in [-0.05, 0) is 24.6 Å². The van der Waals surface area contributed by atoms with E-state index in [4.69, 9.17) is 0 Å². The van der Waals surface area contributed by atoms with Crippen LogP contribution in [0.3, 0.4) is 0 Å². The smallest absolute Gasteiger partial charge is 0.217 e. The van der Waals surface area contributed by atoms with Crippen LogP contribution >= 0.6 is 0 Å². The summed E-state index contributed by atoms with van der Waals surface area (Å²) in [6.45, 7) is 2.86. The third-order valence-corrected chi connectivity index (χ3v) is 3.00. The molecular formula is C13H15FN2O2. The zero-order valence-electron chi connectivity index (χ0n) is 10.1. The molecule has 0 aromatic heterocycles. The molecule has 1 saturated heterocycles. The number of rotatable bonds is 3. The van der Waals surface area contributed by atoms with Crippen LogP contribution in [0.1, 0.15) is 23.7 Å². The lowest BCUT2D eigenvalue weighted by Crippen LogP contribution is -2.35. The van der Waals surface area contributed by atoms with E-state index in [-0.39, 0.29) is 11.9 Å². The molecule has 1 aromatic rings. The van der Waals surface area contributed by atoms with Gasteiger partial charge in [-0.15, -0.1) is 0 Å². The summed E-state index contributed by atoms with van der Waals surface area (Å²) in [5.41, 5.74) is 1.01. The number of aldehydes is 1. The summed E-state index contributed by atoms with van der Waals surface area (Å²) in [5.74, 6) is -0.479. The highest BCUT2D eigenvalue weighted by Gasteiger charge is 2.23. The molecule has 5 heteroatoms. The van der Waals surface area contributed by atoms with Gasteiger partial charge in [-0.2, -0.15) is 0 Å². The van der Waals surface area contributed by atoms with Gasteiger partial charge >= 0.3 is 0 Å². The summed E-state index contributed by atoms with van der Waals surface area (Å²) >= 11 is 0. The van der Waals surface area contributed by atoms with E-state index in [0.29, 0.717) is 24.1 Å². The topological polar surface area (TPSA) is 49.4 Å². The van der Waals surface area contributed by atoms with E-state index in [1.807, 2.05) is 4.90 Å². The Bertz CT molecular complexity index is 476. The van der Waals surface area contributed by atoms with Crippen molar-refractivity contribution in [1.82, 2.24) is 5.32 Å². The zero-order valence-corrected chi connectivity index (χ0v) is 10.1. The molecule has 1 amide bonds. The minimum Gasteiger partial charge on any atom is -0.369 e. The molecule has 1 heterocycles. The summed E-state index contributed by atoms with van der Waals surface area (Å²) in [6.07, 6.45) is 1.46. The van der Waals surface area contributed by atoms with Crippen molar-refractivity contribution in [2.45, 2.75) is 19.4 Å². The molecule has 1 aromatic carbocycles. The highest BCUT2D eigenvalue weighted by molar-refractivity contribution is 5.77. The van der Waals surface area contributed by atoms with Crippen molar-refractivity contribution < 1.29 is 14.0 Å². The second-order valence-electron chi connectivity index (χ2n) is 4.49. The third kappa shape index (κ3) is 2.85. The molecule has 0 bridgehead atoms. The second-order valence-corrected chi connectivity index (χ2v) is 4.49. The quantitative estimate of drug-likeness (QED) is 0.824. The highest BCUT2D eigenvalue weighted by Crippen LogP contribution is 2.22. The zero-order chi connectivity index (χ0) is 13.1. The summed E-state index contributed by atoms with van der Waals surface area (Å²) in [5, 5.41) is 2.84. The lowest BCUT2D eigenvalue weighted by Gasteiger charge is -2.19. The molecule has 1 unspecified atom stereocenters. The van der Waals surface area contributed by atoms with Crippen molar-refractivity contribution >= 4 is 17.9 Å². The first-order valence-corrected chi connectivity index (χ1v) is 5.86. The van der Waals surface area contributed by atoms with Crippen LogP contribution in [0.2, 0.25) is 0 Å². The van der Waals surface area contributed by atoms with Gasteiger partial charge in [0, 0.05) is 37.3 Å². The number of anilines is 1. The standard InChI is InChI=1S/C13H15FN2O2/c1-9(18)15-12-2-3-16(7-12)13-5-10(8-17)4-11(14)6-13/h4-6,8,12H,2-3,7H2,1H3,(H,15,18). The minimum absolute atomic E-state index is 0.0605. The van der Waals surface area contributed by atoms with Crippen LogP contribution in [0.4, 0.5) is 10.1 Å². The molecule has 1 aliphatic heterocycles. The van der Waals surface area contributed by atoms with Gasteiger partial charge < -0.3 is 10.2 Å². The third-order valence-electron chi connectivity index (χ3n) is 3.00. The van der Waals surface area contributed by atoms with Crippen molar-refractivity contribution in [1.29, 1.82) is 0 Å². The summed E-state index contributed by atoms with van der Waals surface area (Å²) in [7, 11) is 0. The van der Waals surface area contributed by atoms with E-state index in [2.05, 4.69) is 5.32 Å². The summed E-state index contributed by atoms with van der Waals surface area (Å²) in [6, 6.07) is 4.36. The van der Waals surface area contributed by atoms with E-state index in [9.17, 15) is 14.0 Å². The van der Waals surface area contributed by atoms with Gasteiger partial charge in [0.15, 0.2) is 0 Å². The number of benzene rings is 1. The number of nitrogens with one attached hydrogen (secondary N) is 1. The van der Waals surface area contributed by atoms with Gasteiger partial charge in [-0.25, -0.2) is 4.39 Å². The predicted molar refractivity (Wildman–Crippen MR) is 66.2 cm³/mol. The molecule has 4 nitrogen and oxygen atoms in total. The molecule has 0 radical (unpaired) electrons. The number of hydrogen-bond donors (Lipinski definition) is 1. The fourth-order valence-corrected chi connectivity index (χ4v) is 2.25. The van der Waals surface area contributed by atoms with Crippen LogP contribution in [-0.2, 0) is 4.79 Å². The first kappa shape index (κ1) is 12.5. The van der Waals surface area contributed by atoms with E-state index < -0.39 is 5.82 Å². The average molecular weight is 250 g/mol. The normalized spacial score (nSPS) is 18.8. The molecule has 18 heavy (non-hydrogen) atoms. The van der Waals surface area contributed by atoms with E-state index in [1.165, 1.54) is 19.1 Å². The SMILES string of the molecule is CC(=O)NC1CCN(c2cc(F)cc(C=O)c2)C1. The largest absolute Gasteiger partial charge is 0.369 e. The van der Waals surface area contributed by atoms with E-state index in [1.54, 1.807) is 6.07 Å². The van der Waals surface area contributed by atoms with Gasteiger partial charge in [0.05, 0.1) is 0 Å². The Hall–Kier alpha value is -1.91. The molecule has 1 N–H and O–H groups in total. The van der Waals surface area contributed by atoms with Crippen LogP contribution in [0, 0.1) is 5.82 Å². The molecular weight excluding hydrogens is 235 g/mol. The number of amides is 1. The summed E-state index contributed by atoms with van der Waals surface area (Å²) < 4.78 is 13.3. The van der Waals surface area contributed by atoms with Crippen LogP contribution in [0.5, 0.6) is 0 Å². The number of carbonyl (C=O) groups is 2. The van der Waals surface area contributed by atoms with Gasteiger partial charge in [0.1, 0.15) is 12.1 Å². The maximum Gasteiger partial charge on any atom is 0.217 e.